The van der Waals surface area contributed by atoms with E-state index in [1.165, 1.54) is 11.9 Å². The first kappa shape index (κ1) is 25.3. The molecule has 0 saturated carbocycles. The van der Waals surface area contributed by atoms with Gasteiger partial charge in [0.2, 0.25) is 11.8 Å². The molecule has 0 saturated heterocycles. The van der Waals surface area contributed by atoms with Crippen molar-refractivity contribution in [2.75, 3.05) is 44.4 Å². The van der Waals surface area contributed by atoms with Crippen LogP contribution in [0, 0.1) is 0 Å². The van der Waals surface area contributed by atoms with Gasteiger partial charge in [0.15, 0.2) is 17.3 Å². The van der Waals surface area contributed by atoms with E-state index in [2.05, 4.69) is 27.2 Å². The summed E-state index contributed by atoms with van der Waals surface area (Å²) >= 11 is 0. The van der Waals surface area contributed by atoms with E-state index in [4.69, 9.17) is 5.73 Å². The normalized spacial score (nSPS) is 10.3. The number of anilines is 3. The number of nitrogens with two attached hydrogens (primary N) is 1. The van der Waals surface area contributed by atoms with Crippen LogP contribution in [0.1, 0.15) is 28.7 Å². The number of amides is 3. The molecule has 2 rings (SSSR count). The fourth-order valence-corrected chi connectivity index (χ4v) is 3.11. The average Bonchev–Trinajstić information content (AvgIpc) is 2.78. The highest BCUT2D eigenvalue weighted by Crippen LogP contribution is 2.24. The highest BCUT2D eigenvalue weighted by atomic mass is 16.2. The van der Waals surface area contributed by atoms with Crippen LogP contribution in [-0.4, -0.2) is 66.8 Å². The lowest BCUT2D eigenvalue weighted by Crippen LogP contribution is -2.38. The number of primary amides is 1. The Labute approximate surface area is 193 Å². The van der Waals surface area contributed by atoms with Gasteiger partial charge < -0.3 is 26.2 Å². The molecule has 176 valence electrons. The fourth-order valence-electron chi connectivity index (χ4n) is 3.11. The summed E-state index contributed by atoms with van der Waals surface area (Å²) in [6, 6.07) is 7.53. The maximum absolute atomic E-state index is 12.0. The van der Waals surface area contributed by atoms with E-state index >= 15 is 0 Å². The number of hydrogen-bond acceptors (Lipinski definition) is 7. The second-order valence-corrected chi connectivity index (χ2v) is 7.63. The molecule has 33 heavy (non-hydrogen) atoms. The van der Waals surface area contributed by atoms with Crippen molar-refractivity contribution in [2.24, 2.45) is 5.73 Å². The minimum Gasteiger partial charge on any atom is -0.364 e. The summed E-state index contributed by atoms with van der Waals surface area (Å²) in [5, 5.41) is 5.93. The van der Waals surface area contributed by atoms with Gasteiger partial charge in [-0.05, 0) is 36.6 Å². The van der Waals surface area contributed by atoms with Crippen LogP contribution in [0.2, 0.25) is 0 Å². The molecule has 1 aromatic carbocycles. The maximum atomic E-state index is 12.0. The van der Waals surface area contributed by atoms with Gasteiger partial charge in [-0.2, -0.15) is 0 Å². The van der Waals surface area contributed by atoms with Crippen LogP contribution in [0.4, 0.5) is 17.3 Å². The Balaban J connectivity index is 2.10. The van der Waals surface area contributed by atoms with E-state index in [0.29, 0.717) is 36.6 Å². The van der Waals surface area contributed by atoms with Gasteiger partial charge in [0.1, 0.15) is 0 Å². The Kier molecular flexibility index (Phi) is 8.90. The van der Waals surface area contributed by atoms with Crippen molar-refractivity contribution >= 4 is 35.0 Å². The van der Waals surface area contributed by atoms with Crippen LogP contribution >= 0.6 is 0 Å². The molecule has 0 aliphatic carbocycles. The molecule has 0 aliphatic heterocycles. The van der Waals surface area contributed by atoms with Gasteiger partial charge in [-0.3, -0.25) is 14.4 Å². The highest BCUT2D eigenvalue weighted by Gasteiger charge is 2.18. The molecule has 1 heterocycles. The van der Waals surface area contributed by atoms with Crippen LogP contribution in [0.3, 0.4) is 0 Å². The molecule has 10 heteroatoms. The summed E-state index contributed by atoms with van der Waals surface area (Å²) in [7, 11) is 5.25. The van der Waals surface area contributed by atoms with E-state index in [-0.39, 0.29) is 29.9 Å². The summed E-state index contributed by atoms with van der Waals surface area (Å²) < 4.78 is 0. The molecule has 0 spiro atoms. The molecular weight excluding hydrogens is 422 g/mol. The zero-order valence-corrected chi connectivity index (χ0v) is 19.5. The number of carbonyl (C=O) groups is 3. The smallest absolute Gasteiger partial charge is 0.271 e. The lowest BCUT2D eigenvalue weighted by molar-refractivity contribution is -0.131. The second kappa shape index (κ2) is 11.6. The Morgan fingerprint density at radius 2 is 1.91 bits per heavy atom. The van der Waals surface area contributed by atoms with Crippen LogP contribution < -0.4 is 21.3 Å². The summed E-state index contributed by atoms with van der Waals surface area (Å²) in [5.74, 6) is -0.293. The van der Waals surface area contributed by atoms with E-state index in [9.17, 15) is 14.4 Å². The second-order valence-electron chi connectivity index (χ2n) is 7.63. The van der Waals surface area contributed by atoms with Gasteiger partial charge in [0.25, 0.3) is 5.91 Å². The maximum Gasteiger partial charge on any atom is 0.271 e. The molecule has 0 unspecified atom stereocenters. The molecule has 3 amide bonds. The summed E-state index contributed by atoms with van der Waals surface area (Å²) in [5.41, 5.74) is 7.97. The van der Waals surface area contributed by atoms with Crippen LogP contribution in [0.25, 0.3) is 0 Å². The number of benzene rings is 1. The Morgan fingerprint density at radius 1 is 1.18 bits per heavy atom. The molecule has 4 N–H and O–H groups in total. The molecule has 0 bridgehead atoms. The molecule has 1 aromatic heterocycles. The first-order valence-corrected chi connectivity index (χ1v) is 10.5. The number of nitrogens with one attached hydrogen (secondary N) is 2. The quantitative estimate of drug-likeness (QED) is 0.436. The Morgan fingerprint density at radius 3 is 2.52 bits per heavy atom. The molecular formula is C23H31N7O3. The molecule has 0 fully saturated rings. The number of hydrogen-bond donors (Lipinski definition) is 3. The zero-order chi connectivity index (χ0) is 24.5. The monoisotopic (exact) mass is 453 g/mol. The molecule has 2 aromatic rings. The van der Waals surface area contributed by atoms with Gasteiger partial charge in [0.05, 0.1) is 12.2 Å². The molecule has 0 aliphatic rings. The fraction of sp³-hybridized carbons (Fsp3) is 0.348. The third kappa shape index (κ3) is 7.03. The number of aromatic nitrogens is 2. The largest absolute Gasteiger partial charge is 0.364 e. The van der Waals surface area contributed by atoms with Crippen molar-refractivity contribution in [3.63, 3.8) is 0 Å². The van der Waals surface area contributed by atoms with Gasteiger partial charge >= 0.3 is 0 Å². The lowest BCUT2D eigenvalue weighted by atomic mass is 10.1. The molecule has 0 atom stereocenters. The average molecular weight is 454 g/mol. The number of aryl methyl sites for hydroxylation is 1. The van der Waals surface area contributed by atoms with Crippen LogP contribution in [0.5, 0.6) is 0 Å². The predicted molar refractivity (Wildman–Crippen MR) is 129 cm³/mol. The number of rotatable bonds is 11. The van der Waals surface area contributed by atoms with Crippen molar-refractivity contribution < 1.29 is 14.4 Å². The Hall–Kier alpha value is -3.95. The Bertz CT molecular complexity index is 1040. The van der Waals surface area contributed by atoms with E-state index < -0.39 is 5.91 Å². The first-order valence-electron chi connectivity index (χ1n) is 10.5. The van der Waals surface area contributed by atoms with E-state index in [0.717, 1.165) is 11.6 Å². The van der Waals surface area contributed by atoms with Crippen molar-refractivity contribution in [3.8, 4) is 0 Å². The predicted octanol–water partition coefficient (Wildman–Crippen LogP) is 1.25. The van der Waals surface area contributed by atoms with Gasteiger partial charge in [0, 0.05) is 33.4 Å². The minimum absolute atomic E-state index is 0.0387. The van der Waals surface area contributed by atoms with Crippen molar-refractivity contribution in [3.05, 3.63) is 53.9 Å². The van der Waals surface area contributed by atoms with Gasteiger partial charge in [-0.15, -0.1) is 0 Å². The SMILES string of the molecule is C=CC(=O)N(C)CC(=O)NCCc1cccc(Nc2nc(N(C)C)c(CC)nc2C(N)=O)c1. The lowest BCUT2D eigenvalue weighted by Gasteiger charge is -2.18. The molecule has 10 nitrogen and oxygen atoms in total. The van der Waals surface area contributed by atoms with Gasteiger partial charge in [-0.25, -0.2) is 9.97 Å². The van der Waals surface area contributed by atoms with Crippen molar-refractivity contribution in [2.45, 2.75) is 19.8 Å². The first-order chi connectivity index (χ1) is 15.7. The third-order valence-electron chi connectivity index (χ3n) is 4.80. The van der Waals surface area contributed by atoms with Crippen LogP contribution in [-0.2, 0) is 22.4 Å². The summed E-state index contributed by atoms with van der Waals surface area (Å²) in [6.07, 6.45) is 2.35. The van der Waals surface area contributed by atoms with E-state index in [1.807, 2.05) is 50.2 Å². The molecule has 0 radical (unpaired) electrons. The van der Waals surface area contributed by atoms with Gasteiger partial charge in [-0.1, -0.05) is 25.6 Å². The topological polar surface area (TPSA) is 134 Å². The summed E-state index contributed by atoms with van der Waals surface area (Å²) in [6.45, 7) is 5.70. The third-order valence-corrected chi connectivity index (χ3v) is 4.80. The van der Waals surface area contributed by atoms with E-state index in [1.54, 1.807) is 0 Å². The number of carbonyl (C=O) groups excluding carboxylic acids is 3. The number of nitrogens with zero attached hydrogens (tertiary/aromatic N) is 4. The minimum atomic E-state index is -0.663. The summed E-state index contributed by atoms with van der Waals surface area (Å²) in [4.78, 5) is 47.6. The van der Waals surface area contributed by atoms with Crippen LogP contribution in [0.15, 0.2) is 36.9 Å². The number of likely N-dealkylation sites (N-methyl/N-ethyl adjacent to an activating group) is 1. The zero-order valence-electron chi connectivity index (χ0n) is 19.5. The van der Waals surface area contributed by atoms with Crippen molar-refractivity contribution in [1.82, 2.24) is 20.2 Å². The highest BCUT2D eigenvalue weighted by molar-refractivity contribution is 5.96. The van der Waals surface area contributed by atoms with Crippen molar-refractivity contribution in [1.29, 1.82) is 0 Å². The standard InChI is InChI=1S/C23H31N7O3/c1-6-17-23(29(3)4)28-22(20(27-17)21(24)33)26-16-10-8-9-15(13-16)11-12-25-18(31)14-30(5)19(32)7-2/h7-10,13H,2,6,11-12,14H2,1,3-5H3,(H2,24,33)(H,25,31)(H,26,28).